The summed E-state index contributed by atoms with van der Waals surface area (Å²) in [4.78, 5) is 20.8. The number of aliphatic hydroxyl groups excluding tert-OH is 2. The van der Waals surface area contributed by atoms with Gasteiger partial charge >= 0.3 is 11.9 Å². The van der Waals surface area contributed by atoms with Crippen LogP contribution in [0.1, 0.15) is 77.0 Å². The first-order valence-corrected chi connectivity index (χ1v) is 8.92. The van der Waals surface area contributed by atoms with Crippen molar-refractivity contribution >= 4 is 11.9 Å². The zero-order valence-corrected chi connectivity index (χ0v) is 14.4. The van der Waals surface area contributed by atoms with E-state index in [4.69, 9.17) is 20.4 Å². The molecule has 140 valence electrons. The van der Waals surface area contributed by atoms with Gasteiger partial charge in [0.05, 0.1) is 0 Å². The van der Waals surface area contributed by atoms with Gasteiger partial charge in [-0.3, -0.25) is 0 Å². The van der Waals surface area contributed by atoms with Gasteiger partial charge in [0, 0.05) is 0 Å². The summed E-state index contributed by atoms with van der Waals surface area (Å²) in [5.41, 5.74) is 0. The van der Waals surface area contributed by atoms with Crippen LogP contribution in [-0.2, 0) is 9.59 Å². The van der Waals surface area contributed by atoms with Crippen molar-refractivity contribution in [3.05, 3.63) is 12.2 Å². The number of unbranched alkanes of at least 4 members (excludes halogenated alkanes) is 8. The molecular weight excluding hydrogens is 312 g/mol. The molecule has 0 spiro atoms. The highest BCUT2D eigenvalue weighted by molar-refractivity contribution is 5.72. The van der Waals surface area contributed by atoms with Gasteiger partial charge in [-0.25, -0.2) is 9.59 Å². The van der Waals surface area contributed by atoms with Crippen LogP contribution in [0.3, 0.4) is 0 Å². The second-order valence-corrected chi connectivity index (χ2v) is 6.16. The van der Waals surface area contributed by atoms with Gasteiger partial charge in [0.1, 0.15) is 0 Å². The first-order valence-electron chi connectivity index (χ1n) is 8.92. The van der Waals surface area contributed by atoms with E-state index in [2.05, 4.69) is 12.2 Å². The molecule has 0 aromatic heterocycles. The van der Waals surface area contributed by atoms with E-state index in [-0.39, 0.29) is 0 Å². The highest BCUT2D eigenvalue weighted by Gasteiger charge is 2.12. The van der Waals surface area contributed by atoms with Crippen LogP contribution >= 0.6 is 0 Å². The summed E-state index contributed by atoms with van der Waals surface area (Å²) < 4.78 is 0. The quantitative estimate of drug-likeness (QED) is 0.253. The van der Waals surface area contributed by atoms with Gasteiger partial charge in [0.2, 0.25) is 0 Å². The van der Waals surface area contributed by atoms with E-state index in [9.17, 15) is 9.59 Å². The zero-order chi connectivity index (χ0) is 18.2. The van der Waals surface area contributed by atoms with Gasteiger partial charge in [-0.1, -0.05) is 50.7 Å². The SMILES string of the molecule is O=C(O)[C@@H](O)CCCCCC/C=C\CCCCCC[C@H](O)C(=O)O. The Morgan fingerprint density at radius 3 is 1.29 bits per heavy atom. The molecule has 0 radical (unpaired) electrons. The van der Waals surface area contributed by atoms with Gasteiger partial charge in [-0.15, -0.1) is 0 Å². The number of hydrogen-bond acceptors (Lipinski definition) is 4. The van der Waals surface area contributed by atoms with Gasteiger partial charge in [-0.2, -0.15) is 0 Å². The van der Waals surface area contributed by atoms with E-state index in [0.29, 0.717) is 12.8 Å². The third-order valence-corrected chi connectivity index (χ3v) is 3.93. The third-order valence-electron chi connectivity index (χ3n) is 3.93. The van der Waals surface area contributed by atoms with Crippen molar-refractivity contribution in [2.75, 3.05) is 0 Å². The lowest BCUT2D eigenvalue weighted by molar-refractivity contribution is -0.147. The topological polar surface area (TPSA) is 115 Å². The van der Waals surface area contributed by atoms with Crippen molar-refractivity contribution in [1.29, 1.82) is 0 Å². The number of carbonyl (C=O) groups is 2. The molecule has 0 rings (SSSR count). The van der Waals surface area contributed by atoms with E-state index < -0.39 is 24.1 Å². The number of aliphatic carboxylic acids is 2. The maximum atomic E-state index is 10.4. The molecule has 0 aliphatic rings. The van der Waals surface area contributed by atoms with Crippen LogP contribution in [0.4, 0.5) is 0 Å². The molecule has 0 saturated carbocycles. The van der Waals surface area contributed by atoms with Crippen LogP contribution in [0.2, 0.25) is 0 Å². The molecular formula is C18H32O6. The summed E-state index contributed by atoms with van der Waals surface area (Å²) in [6.45, 7) is 0. The summed E-state index contributed by atoms with van der Waals surface area (Å²) in [6, 6.07) is 0. The lowest BCUT2D eigenvalue weighted by Crippen LogP contribution is -2.18. The Labute approximate surface area is 144 Å². The second kappa shape index (κ2) is 15.1. The number of rotatable bonds is 16. The lowest BCUT2D eigenvalue weighted by atomic mass is 10.1. The number of hydrogen-bond donors (Lipinski definition) is 4. The van der Waals surface area contributed by atoms with Crippen LogP contribution < -0.4 is 0 Å². The van der Waals surface area contributed by atoms with E-state index in [0.717, 1.165) is 64.2 Å². The van der Waals surface area contributed by atoms with Gasteiger partial charge < -0.3 is 20.4 Å². The smallest absolute Gasteiger partial charge is 0.332 e. The van der Waals surface area contributed by atoms with E-state index in [1.807, 2.05) is 0 Å². The highest BCUT2D eigenvalue weighted by atomic mass is 16.4. The molecule has 0 aliphatic heterocycles. The Bertz CT molecular complexity index is 333. The standard InChI is InChI=1S/C18H32O6/c19-15(17(21)22)13-11-9-7-5-3-1-2-4-6-8-10-12-14-16(20)18(23)24/h1-2,15-16,19-20H,3-14H2,(H,21,22)(H,23,24)/b2-1-/t15-,16-/m0/s1. The molecule has 0 heterocycles. The molecule has 0 unspecified atom stereocenters. The minimum absolute atomic E-state index is 0.328. The fourth-order valence-corrected chi connectivity index (χ4v) is 2.39. The summed E-state index contributed by atoms with van der Waals surface area (Å²) in [6.07, 6.45) is 12.2. The number of allylic oxidation sites excluding steroid dienone is 2. The number of carboxylic acid groups (broad SMARTS) is 2. The second-order valence-electron chi connectivity index (χ2n) is 6.16. The van der Waals surface area contributed by atoms with Crippen LogP contribution in [0.25, 0.3) is 0 Å². The Morgan fingerprint density at radius 2 is 0.958 bits per heavy atom. The Hall–Kier alpha value is -1.40. The van der Waals surface area contributed by atoms with E-state index >= 15 is 0 Å². The van der Waals surface area contributed by atoms with Crippen molar-refractivity contribution < 1.29 is 30.0 Å². The molecule has 0 saturated heterocycles. The predicted octanol–water partition coefficient (Wildman–Crippen LogP) is 3.11. The number of aliphatic hydroxyl groups is 2. The van der Waals surface area contributed by atoms with Crippen LogP contribution in [0.5, 0.6) is 0 Å². The van der Waals surface area contributed by atoms with Crippen LogP contribution in [-0.4, -0.2) is 44.6 Å². The Kier molecular flexibility index (Phi) is 14.3. The maximum absolute atomic E-state index is 10.4. The number of carboxylic acids is 2. The van der Waals surface area contributed by atoms with Crippen LogP contribution in [0.15, 0.2) is 12.2 Å². The first-order chi connectivity index (χ1) is 11.4. The average Bonchev–Trinajstić information content (AvgIpc) is 2.54. The molecule has 0 aromatic carbocycles. The Morgan fingerprint density at radius 1 is 0.625 bits per heavy atom. The predicted molar refractivity (Wildman–Crippen MR) is 91.8 cm³/mol. The maximum Gasteiger partial charge on any atom is 0.332 e. The van der Waals surface area contributed by atoms with Crippen molar-refractivity contribution in [2.45, 2.75) is 89.3 Å². The van der Waals surface area contributed by atoms with Gasteiger partial charge in [0.25, 0.3) is 0 Å². The molecule has 0 aromatic rings. The van der Waals surface area contributed by atoms with E-state index in [1.54, 1.807) is 0 Å². The summed E-state index contributed by atoms with van der Waals surface area (Å²) in [7, 11) is 0. The van der Waals surface area contributed by atoms with E-state index in [1.165, 1.54) is 0 Å². The van der Waals surface area contributed by atoms with Gasteiger partial charge in [0.15, 0.2) is 12.2 Å². The lowest BCUT2D eigenvalue weighted by Gasteiger charge is -2.04. The average molecular weight is 344 g/mol. The minimum atomic E-state index is -1.22. The normalized spacial score (nSPS) is 13.9. The van der Waals surface area contributed by atoms with Gasteiger partial charge in [-0.05, 0) is 38.5 Å². The molecule has 0 amide bonds. The molecule has 0 fully saturated rings. The fraction of sp³-hybridized carbons (Fsp3) is 0.778. The molecule has 0 bridgehead atoms. The Balaban J connectivity index is 3.27. The zero-order valence-electron chi connectivity index (χ0n) is 14.4. The van der Waals surface area contributed by atoms with Crippen molar-refractivity contribution in [3.8, 4) is 0 Å². The molecule has 6 heteroatoms. The van der Waals surface area contributed by atoms with Crippen LogP contribution in [0, 0.1) is 0 Å². The third kappa shape index (κ3) is 14.2. The largest absolute Gasteiger partial charge is 0.479 e. The minimum Gasteiger partial charge on any atom is -0.479 e. The summed E-state index contributed by atoms with van der Waals surface area (Å²) in [5.74, 6) is -2.29. The van der Waals surface area contributed by atoms with Crippen molar-refractivity contribution in [2.24, 2.45) is 0 Å². The molecule has 24 heavy (non-hydrogen) atoms. The fourth-order valence-electron chi connectivity index (χ4n) is 2.39. The molecule has 2 atom stereocenters. The van der Waals surface area contributed by atoms with Crippen molar-refractivity contribution in [3.63, 3.8) is 0 Å². The summed E-state index contributed by atoms with van der Waals surface area (Å²) >= 11 is 0. The summed E-state index contributed by atoms with van der Waals surface area (Å²) in [5, 5.41) is 35.3. The molecule has 4 N–H and O–H groups in total. The first kappa shape index (κ1) is 22.6. The molecule has 0 aliphatic carbocycles. The molecule has 6 nitrogen and oxygen atoms in total. The highest BCUT2D eigenvalue weighted by Crippen LogP contribution is 2.10. The van der Waals surface area contributed by atoms with Crippen molar-refractivity contribution in [1.82, 2.24) is 0 Å². The monoisotopic (exact) mass is 344 g/mol.